The molecule has 0 radical (unpaired) electrons. The normalized spacial score (nSPS) is 15.9. The summed E-state index contributed by atoms with van der Waals surface area (Å²) < 4.78 is 0. The number of rotatable bonds is 5. The van der Waals surface area contributed by atoms with E-state index in [2.05, 4.69) is 40.5 Å². The summed E-state index contributed by atoms with van der Waals surface area (Å²) in [5.41, 5.74) is 9.81. The van der Waals surface area contributed by atoms with Gasteiger partial charge in [0.2, 0.25) is 5.91 Å². The number of nitrogen functional groups attached to an aromatic ring is 1. The van der Waals surface area contributed by atoms with Crippen LogP contribution in [-0.2, 0) is 11.2 Å². The first kappa shape index (κ1) is 17.5. The zero-order valence-corrected chi connectivity index (χ0v) is 14.9. The van der Waals surface area contributed by atoms with E-state index in [0.29, 0.717) is 12.2 Å². The molecule has 0 spiro atoms. The minimum absolute atomic E-state index is 0.0322. The molecule has 1 aliphatic rings. The van der Waals surface area contributed by atoms with Crippen LogP contribution in [0.2, 0.25) is 0 Å². The van der Waals surface area contributed by atoms with Gasteiger partial charge in [-0.05, 0) is 68.5 Å². The van der Waals surface area contributed by atoms with Crippen molar-refractivity contribution in [2.75, 3.05) is 30.7 Å². The number of piperidine rings is 1. The molecule has 1 heterocycles. The van der Waals surface area contributed by atoms with Crippen LogP contribution in [0, 0.1) is 12.8 Å². The van der Waals surface area contributed by atoms with Gasteiger partial charge in [0.15, 0.2) is 0 Å². The fourth-order valence-electron chi connectivity index (χ4n) is 3.42. The zero-order chi connectivity index (χ0) is 17.6. The standard InChI is InChI=1S/C21H27N3O/c1-16-7-8-19(14-20(16)22)23-21(25)15-24-11-9-18(10-12-24)13-17-5-3-2-4-6-17/h2-8,14,18H,9-13,15,22H2,1H3,(H,23,25). The van der Waals surface area contributed by atoms with Crippen LogP contribution in [0.15, 0.2) is 48.5 Å². The van der Waals surface area contributed by atoms with Crippen LogP contribution in [0.5, 0.6) is 0 Å². The van der Waals surface area contributed by atoms with Crippen LogP contribution in [0.3, 0.4) is 0 Å². The molecule has 2 aromatic rings. The van der Waals surface area contributed by atoms with Crippen LogP contribution in [-0.4, -0.2) is 30.4 Å². The number of benzene rings is 2. The number of nitrogens with two attached hydrogens (primary N) is 1. The number of aryl methyl sites for hydroxylation is 1. The van der Waals surface area contributed by atoms with E-state index in [0.717, 1.165) is 49.5 Å². The molecule has 0 atom stereocenters. The molecule has 25 heavy (non-hydrogen) atoms. The molecule has 0 saturated carbocycles. The second kappa shape index (κ2) is 8.17. The number of likely N-dealkylation sites (tertiary alicyclic amines) is 1. The lowest BCUT2D eigenvalue weighted by Crippen LogP contribution is -2.39. The summed E-state index contributed by atoms with van der Waals surface area (Å²) in [7, 11) is 0. The van der Waals surface area contributed by atoms with Crippen molar-refractivity contribution in [1.29, 1.82) is 0 Å². The van der Waals surface area contributed by atoms with Crippen molar-refractivity contribution in [3.8, 4) is 0 Å². The predicted octanol–water partition coefficient (Wildman–Crippen LogP) is 3.47. The van der Waals surface area contributed by atoms with E-state index in [1.807, 2.05) is 25.1 Å². The molecule has 4 heteroatoms. The molecule has 1 amide bonds. The van der Waals surface area contributed by atoms with Gasteiger partial charge in [0.05, 0.1) is 6.54 Å². The summed E-state index contributed by atoms with van der Waals surface area (Å²) in [6, 6.07) is 16.3. The predicted molar refractivity (Wildman–Crippen MR) is 104 cm³/mol. The van der Waals surface area contributed by atoms with Gasteiger partial charge in [0, 0.05) is 11.4 Å². The minimum atomic E-state index is 0.0322. The summed E-state index contributed by atoms with van der Waals surface area (Å²) in [4.78, 5) is 14.5. The number of amides is 1. The van der Waals surface area contributed by atoms with Crippen molar-refractivity contribution >= 4 is 17.3 Å². The van der Waals surface area contributed by atoms with E-state index in [4.69, 9.17) is 5.73 Å². The highest BCUT2D eigenvalue weighted by molar-refractivity contribution is 5.92. The Morgan fingerprint density at radius 1 is 1.16 bits per heavy atom. The van der Waals surface area contributed by atoms with Crippen molar-refractivity contribution in [3.63, 3.8) is 0 Å². The third-order valence-corrected chi connectivity index (χ3v) is 5.00. The Morgan fingerprint density at radius 3 is 2.56 bits per heavy atom. The number of anilines is 2. The third kappa shape index (κ3) is 5.07. The smallest absolute Gasteiger partial charge is 0.238 e. The molecule has 4 nitrogen and oxygen atoms in total. The maximum Gasteiger partial charge on any atom is 0.238 e. The Kier molecular flexibility index (Phi) is 5.71. The molecule has 0 aromatic heterocycles. The number of nitrogens with zero attached hydrogens (tertiary/aromatic N) is 1. The van der Waals surface area contributed by atoms with E-state index in [9.17, 15) is 4.79 Å². The average Bonchev–Trinajstić information content (AvgIpc) is 2.61. The van der Waals surface area contributed by atoms with E-state index in [-0.39, 0.29) is 5.91 Å². The highest BCUT2D eigenvalue weighted by Gasteiger charge is 2.21. The second-order valence-corrected chi connectivity index (χ2v) is 7.03. The van der Waals surface area contributed by atoms with Crippen molar-refractivity contribution in [3.05, 3.63) is 59.7 Å². The lowest BCUT2D eigenvalue weighted by molar-refractivity contribution is -0.117. The molecule has 132 valence electrons. The monoisotopic (exact) mass is 337 g/mol. The Morgan fingerprint density at radius 2 is 1.88 bits per heavy atom. The molecule has 0 unspecified atom stereocenters. The third-order valence-electron chi connectivity index (χ3n) is 5.00. The molecular formula is C21H27N3O. The van der Waals surface area contributed by atoms with Gasteiger partial charge in [0.25, 0.3) is 0 Å². The molecule has 2 aromatic carbocycles. The Hall–Kier alpha value is -2.33. The first-order valence-corrected chi connectivity index (χ1v) is 9.02. The van der Waals surface area contributed by atoms with Gasteiger partial charge < -0.3 is 11.1 Å². The van der Waals surface area contributed by atoms with Crippen LogP contribution in [0.25, 0.3) is 0 Å². The van der Waals surface area contributed by atoms with Crippen molar-refractivity contribution < 1.29 is 4.79 Å². The largest absolute Gasteiger partial charge is 0.398 e. The number of carbonyl (C=O) groups excluding carboxylic acids is 1. The fourth-order valence-corrected chi connectivity index (χ4v) is 3.42. The lowest BCUT2D eigenvalue weighted by Gasteiger charge is -2.31. The van der Waals surface area contributed by atoms with E-state index in [1.165, 1.54) is 5.56 Å². The summed E-state index contributed by atoms with van der Waals surface area (Å²) in [5.74, 6) is 0.753. The minimum Gasteiger partial charge on any atom is -0.398 e. The second-order valence-electron chi connectivity index (χ2n) is 7.03. The average molecular weight is 337 g/mol. The first-order chi connectivity index (χ1) is 12.1. The van der Waals surface area contributed by atoms with Crippen LogP contribution >= 0.6 is 0 Å². The van der Waals surface area contributed by atoms with Gasteiger partial charge in [-0.2, -0.15) is 0 Å². The molecule has 3 N–H and O–H groups in total. The molecule has 1 aliphatic heterocycles. The summed E-state index contributed by atoms with van der Waals surface area (Å²) in [6.45, 7) is 4.38. The SMILES string of the molecule is Cc1ccc(NC(=O)CN2CCC(Cc3ccccc3)CC2)cc1N. The van der Waals surface area contributed by atoms with E-state index < -0.39 is 0 Å². The molecule has 0 aliphatic carbocycles. The van der Waals surface area contributed by atoms with Crippen molar-refractivity contribution in [1.82, 2.24) is 4.90 Å². The Bertz CT molecular complexity index is 706. The van der Waals surface area contributed by atoms with Gasteiger partial charge in [0.1, 0.15) is 0 Å². The fraction of sp³-hybridized carbons (Fsp3) is 0.381. The van der Waals surface area contributed by atoms with Gasteiger partial charge in [-0.25, -0.2) is 0 Å². The van der Waals surface area contributed by atoms with Gasteiger partial charge >= 0.3 is 0 Å². The molecule has 1 saturated heterocycles. The summed E-state index contributed by atoms with van der Waals surface area (Å²) >= 11 is 0. The summed E-state index contributed by atoms with van der Waals surface area (Å²) in [6.07, 6.45) is 3.45. The highest BCUT2D eigenvalue weighted by atomic mass is 16.2. The van der Waals surface area contributed by atoms with Crippen LogP contribution in [0.1, 0.15) is 24.0 Å². The van der Waals surface area contributed by atoms with Gasteiger partial charge in [-0.1, -0.05) is 36.4 Å². The number of hydrogen-bond donors (Lipinski definition) is 2. The number of nitrogens with one attached hydrogen (secondary N) is 1. The summed E-state index contributed by atoms with van der Waals surface area (Å²) in [5, 5.41) is 2.95. The van der Waals surface area contributed by atoms with Crippen molar-refractivity contribution in [2.24, 2.45) is 5.92 Å². The first-order valence-electron chi connectivity index (χ1n) is 9.02. The van der Waals surface area contributed by atoms with Gasteiger partial charge in [-0.15, -0.1) is 0 Å². The van der Waals surface area contributed by atoms with E-state index in [1.54, 1.807) is 0 Å². The molecular weight excluding hydrogens is 310 g/mol. The maximum atomic E-state index is 12.3. The van der Waals surface area contributed by atoms with Crippen LogP contribution < -0.4 is 11.1 Å². The van der Waals surface area contributed by atoms with E-state index >= 15 is 0 Å². The number of hydrogen-bond acceptors (Lipinski definition) is 3. The topological polar surface area (TPSA) is 58.4 Å². The Labute approximate surface area is 150 Å². The van der Waals surface area contributed by atoms with Crippen molar-refractivity contribution in [2.45, 2.75) is 26.2 Å². The molecule has 3 rings (SSSR count). The maximum absolute atomic E-state index is 12.3. The number of carbonyl (C=O) groups is 1. The quantitative estimate of drug-likeness (QED) is 0.821. The molecule has 1 fully saturated rings. The molecule has 0 bridgehead atoms. The van der Waals surface area contributed by atoms with Crippen LogP contribution in [0.4, 0.5) is 11.4 Å². The lowest BCUT2D eigenvalue weighted by atomic mass is 9.90. The highest BCUT2D eigenvalue weighted by Crippen LogP contribution is 2.22. The Balaban J connectivity index is 1.43. The van der Waals surface area contributed by atoms with Gasteiger partial charge in [-0.3, -0.25) is 9.69 Å². The zero-order valence-electron chi connectivity index (χ0n) is 14.9.